The first kappa shape index (κ1) is 22.8. The number of carbonyl (C=O) groups excluding carboxylic acids is 2. The van der Waals surface area contributed by atoms with Gasteiger partial charge in [0.2, 0.25) is 11.8 Å². The molecule has 1 rings (SSSR count). The largest absolute Gasteiger partial charge is 0.759 e. The van der Waals surface area contributed by atoms with Gasteiger partial charge in [-0.15, -0.1) is 0 Å². The van der Waals surface area contributed by atoms with E-state index in [9.17, 15) is 9.59 Å². The summed E-state index contributed by atoms with van der Waals surface area (Å²) in [4.78, 5) is 27.1. The van der Waals surface area contributed by atoms with Gasteiger partial charge in [0, 0.05) is 48.5 Å². The average molecular weight is 365 g/mol. The van der Waals surface area contributed by atoms with Crippen molar-refractivity contribution in [1.82, 2.24) is 15.1 Å². The minimum atomic E-state index is -5.17. The van der Waals surface area contributed by atoms with E-state index in [0.717, 1.165) is 19.5 Å². The monoisotopic (exact) mass is 365 g/mol. The van der Waals surface area contributed by atoms with Crippen LogP contribution < -0.4 is 5.32 Å². The minimum Gasteiger partial charge on any atom is -0.759 e. The molecule has 2 amide bonds. The molecule has 1 saturated heterocycles. The summed E-state index contributed by atoms with van der Waals surface area (Å²) in [5.41, 5.74) is 0. The van der Waals surface area contributed by atoms with Gasteiger partial charge in [-0.2, -0.15) is 0 Å². The molecule has 0 aromatic heterocycles. The molecule has 9 nitrogen and oxygen atoms in total. The second kappa shape index (κ2) is 10.6. The molecule has 0 saturated carbocycles. The maximum atomic E-state index is 11.7. The van der Waals surface area contributed by atoms with Gasteiger partial charge in [-0.05, 0) is 34.1 Å². The molecule has 0 aromatic carbocycles. The predicted molar refractivity (Wildman–Crippen MR) is 86.3 cm³/mol. The van der Waals surface area contributed by atoms with E-state index >= 15 is 0 Å². The fourth-order valence-electron chi connectivity index (χ4n) is 2.54. The first-order chi connectivity index (χ1) is 10.9. The lowest BCUT2D eigenvalue weighted by molar-refractivity contribution is -0.133. The van der Waals surface area contributed by atoms with E-state index in [2.05, 4.69) is 37.9 Å². The van der Waals surface area contributed by atoms with Crippen molar-refractivity contribution < 1.29 is 27.1 Å². The molecular weight excluding hydrogens is 338 g/mol. The maximum absolute atomic E-state index is 11.7. The molecule has 24 heavy (non-hydrogen) atoms. The van der Waals surface area contributed by atoms with Crippen molar-refractivity contribution in [3.8, 4) is 0 Å². The summed E-state index contributed by atoms with van der Waals surface area (Å²) < 4.78 is 34.1. The van der Waals surface area contributed by atoms with Crippen LogP contribution in [0.1, 0.15) is 40.5 Å². The standard InChI is InChI=1S/C14H27N3O2.H2O4S/c1-11(2)17(12(3)4)9-7-15-13(18)10-16-8-5-6-14(16)19;1-5(2,3)4/h11-12H,5-10H2,1-4H3,(H,15,18);(H2,1,2,3,4)/p-2. The highest BCUT2D eigenvalue weighted by Gasteiger charge is 2.22. The van der Waals surface area contributed by atoms with E-state index in [1.807, 2.05) is 0 Å². The highest BCUT2D eigenvalue weighted by atomic mass is 32.3. The van der Waals surface area contributed by atoms with Crippen LogP contribution in [0.2, 0.25) is 0 Å². The summed E-state index contributed by atoms with van der Waals surface area (Å²) in [5, 5.41) is 2.90. The lowest BCUT2D eigenvalue weighted by Crippen LogP contribution is -2.44. The molecular formula is C14H27N3O6S-2. The van der Waals surface area contributed by atoms with Gasteiger partial charge in [0.1, 0.15) is 0 Å². The summed E-state index contributed by atoms with van der Waals surface area (Å²) in [7, 11) is -5.17. The van der Waals surface area contributed by atoms with Crippen LogP contribution in [0, 0.1) is 0 Å². The van der Waals surface area contributed by atoms with Gasteiger partial charge in [0.25, 0.3) is 0 Å². The third kappa shape index (κ3) is 11.3. The smallest absolute Gasteiger partial charge is 0.239 e. The fourth-order valence-corrected chi connectivity index (χ4v) is 2.54. The third-order valence-electron chi connectivity index (χ3n) is 3.52. The summed E-state index contributed by atoms with van der Waals surface area (Å²) in [6.07, 6.45) is 1.46. The maximum Gasteiger partial charge on any atom is 0.239 e. The molecule has 1 heterocycles. The number of hydrogen-bond acceptors (Lipinski definition) is 7. The fraction of sp³-hybridized carbons (Fsp3) is 0.857. The van der Waals surface area contributed by atoms with Crippen LogP contribution in [0.4, 0.5) is 0 Å². The van der Waals surface area contributed by atoms with Crippen molar-refractivity contribution in [2.75, 3.05) is 26.2 Å². The third-order valence-corrected chi connectivity index (χ3v) is 3.52. The highest BCUT2D eigenvalue weighted by Crippen LogP contribution is 2.08. The molecule has 0 radical (unpaired) electrons. The molecule has 0 bridgehead atoms. The number of amides is 2. The van der Waals surface area contributed by atoms with Crippen LogP contribution in [0.25, 0.3) is 0 Å². The second-order valence-corrected chi connectivity index (χ2v) is 6.92. The van der Waals surface area contributed by atoms with Crippen LogP contribution in [0.5, 0.6) is 0 Å². The van der Waals surface area contributed by atoms with E-state index in [-0.39, 0.29) is 18.4 Å². The van der Waals surface area contributed by atoms with Crippen molar-refractivity contribution in [2.24, 2.45) is 0 Å². The SMILES string of the molecule is CC(C)N(CCNC(=O)CN1CCCC1=O)C(C)C.O=S(=O)([O-])[O-]. The Morgan fingerprint density at radius 2 is 1.75 bits per heavy atom. The Labute approximate surface area is 144 Å². The zero-order valence-electron chi connectivity index (χ0n) is 14.6. The molecule has 0 aliphatic carbocycles. The number of nitrogens with zero attached hydrogens (tertiary/aromatic N) is 2. The highest BCUT2D eigenvalue weighted by molar-refractivity contribution is 7.79. The van der Waals surface area contributed by atoms with Crippen LogP contribution in [-0.2, 0) is 20.0 Å². The Morgan fingerprint density at radius 3 is 2.12 bits per heavy atom. The summed E-state index contributed by atoms with van der Waals surface area (Å²) in [6.45, 7) is 11.0. The quantitative estimate of drug-likeness (QED) is 0.475. The Morgan fingerprint density at radius 1 is 1.25 bits per heavy atom. The van der Waals surface area contributed by atoms with Gasteiger partial charge in [-0.3, -0.25) is 22.9 Å². The van der Waals surface area contributed by atoms with Crippen LogP contribution in [0.15, 0.2) is 0 Å². The van der Waals surface area contributed by atoms with Crippen molar-refractivity contribution in [2.45, 2.75) is 52.6 Å². The molecule has 10 heteroatoms. The molecule has 1 fully saturated rings. The predicted octanol–water partition coefficient (Wildman–Crippen LogP) is -0.494. The first-order valence-corrected chi connectivity index (χ1v) is 9.22. The van der Waals surface area contributed by atoms with Crippen LogP contribution in [-0.4, -0.2) is 77.4 Å². The number of likely N-dealkylation sites (tertiary alicyclic amines) is 1. The topological polar surface area (TPSA) is 133 Å². The number of rotatable bonds is 7. The van der Waals surface area contributed by atoms with Crippen molar-refractivity contribution in [3.05, 3.63) is 0 Å². The van der Waals surface area contributed by atoms with Gasteiger partial charge in [-0.25, -0.2) is 0 Å². The molecule has 0 aromatic rings. The van der Waals surface area contributed by atoms with Gasteiger partial charge in [-0.1, -0.05) is 0 Å². The van der Waals surface area contributed by atoms with Gasteiger partial charge in [0.15, 0.2) is 0 Å². The number of nitrogens with one attached hydrogen (secondary N) is 1. The molecule has 0 atom stereocenters. The molecule has 1 aliphatic heterocycles. The van der Waals surface area contributed by atoms with Gasteiger partial charge in [0.05, 0.1) is 6.54 Å². The van der Waals surface area contributed by atoms with Gasteiger partial charge >= 0.3 is 0 Å². The summed E-state index contributed by atoms with van der Waals surface area (Å²) >= 11 is 0. The minimum absolute atomic E-state index is 0.0530. The zero-order chi connectivity index (χ0) is 18.9. The number of carbonyl (C=O) groups is 2. The van der Waals surface area contributed by atoms with Crippen LogP contribution >= 0.6 is 0 Å². The molecule has 1 aliphatic rings. The Balaban J connectivity index is 0.000000922. The van der Waals surface area contributed by atoms with Crippen LogP contribution in [0.3, 0.4) is 0 Å². The average Bonchev–Trinajstić information content (AvgIpc) is 2.77. The molecule has 1 N–H and O–H groups in total. The Hall–Kier alpha value is -1.23. The van der Waals surface area contributed by atoms with Crippen molar-refractivity contribution in [3.63, 3.8) is 0 Å². The Bertz CT molecular complexity index is 491. The van der Waals surface area contributed by atoms with Crippen molar-refractivity contribution >= 4 is 22.2 Å². The van der Waals surface area contributed by atoms with E-state index in [4.69, 9.17) is 17.5 Å². The Kier molecular flexibility index (Phi) is 10.1. The normalized spacial score (nSPS) is 15.0. The first-order valence-electron chi connectivity index (χ1n) is 7.88. The second-order valence-electron chi connectivity index (χ2n) is 6.10. The van der Waals surface area contributed by atoms with E-state index < -0.39 is 10.4 Å². The van der Waals surface area contributed by atoms with Gasteiger partial charge < -0.3 is 19.3 Å². The molecule has 142 valence electrons. The van der Waals surface area contributed by atoms with E-state index in [0.29, 0.717) is 25.0 Å². The lowest BCUT2D eigenvalue weighted by Gasteiger charge is -2.30. The van der Waals surface area contributed by atoms with E-state index in [1.165, 1.54) is 0 Å². The number of hydrogen-bond donors (Lipinski definition) is 1. The molecule has 0 spiro atoms. The lowest BCUT2D eigenvalue weighted by atomic mass is 10.2. The van der Waals surface area contributed by atoms with Crippen molar-refractivity contribution in [1.29, 1.82) is 0 Å². The molecule has 0 unspecified atom stereocenters. The summed E-state index contributed by atoms with van der Waals surface area (Å²) in [6, 6.07) is 0.939. The zero-order valence-corrected chi connectivity index (χ0v) is 15.5. The van der Waals surface area contributed by atoms with E-state index in [1.54, 1.807) is 4.90 Å². The summed E-state index contributed by atoms with van der Waals surface area (Å²) in [5.74, 6) is 0.0452.